The monoisotopic (exact) mass is 305 g/mol. The van der Waals surface area contributed by atoms with Gasteiger partial charge in [-0.1, -0.05) is 0 Å². The Bertz CT molecular complexity index is 925. The molecule has 3 aromatic heterocycles. The second-order valence-electron chi connectivity index (χ2n) is 5.28. The summed E-state index contributed by atoms with van der Waals surface area (Å²) in [5.74, 6) is 0.624. The zero-order valence-corrected chi connectivity index (χ0v) is 12.6. The highest BCUT2D eigenvalue weighted by Gasteiger charge is 2.06. The van der Waals surface area contributed by atoms with Gasteiger partial charge in [0, 0.05) is 35.2 Å². The van der Waals surface area contributed by atoms with Crippen molar-refractivity contribution < 1.29 is 4.42 Å². The zero-order valence-electron chi connectivity index (χ0n) is 12.6. The second kappa shape index (κ2) is 5.57. The molecular weight excluding hydrogens is 290 g/mol. The number of aromatic nitrogens is 4. The topological polar surface area (TPSA) is 68.2 Å². The van der Waals surface area contributed by atoms with Crippen molar-refractivity contribution in [2.75, 3.05) is 5.32 Å². The van der Waals surface area contributed by atoms with Gasteiger partial charge >= 0.3 is 0 Å². The van der Waals surface area contributed by atoms with Gasteiger partial charge in [0.15, 0.2) is 5.65 Å². The van der Waals surface area contributed by atoms with E-state index in [1.807, 2.05) is 49.6 Å². The van der Waals surface area contributed by atoms with E-state index < -0.39 is 0 Å². The molecule has 0 aliphatic rings. The minimum atomic E-state index is 0.624. The molecule has 0 spiro atoms. The van der Waals surface area contributed by atoms with Crippen LogP contribution in [0.5, 0.6) is 0 Å². The molecule has 0 saturated carbocycles. The third kappa shape index (κ3) is 2.66. The molecule has 6 heteroatoms. The number of oxazole rings is 1. The van der Waals surface area contributed by atoms with Crippen molar-refractivity contribution in [1.82, 2.24) is 19.6 Å². The second-order valence-corrected chi connectivity index (χ2v) is 5.28. The average Bonchev–Trinajstić information content (AvgIpc) is 3.23. The molecule has 0 amide bonds. The van der Waals surface area contributed by atoms with Crippen LogP contribution in [0, 0.1) is 6.92 Å². The van der Waals surface area contributed by atoms with Crippen molar-refractivity contribution in [3.63, 3.8) is 0 Å². The molecule has 1 aromatic carbocycles. The summed E-state index contributed by atoms with van der Waals surface area (Å²) in [6.45, 7) is 2.64. The molecule has 4 rings (SSSR count). The van der Waals surface area contributed by atoms with Gasteiger partial charge in [-0.05, 0) is 37.3 Å². The Morgan fingerprint density at radius 2 is 2.04 bits per heavy atom. The first-order chi connectivity index (χ1) is 11.3. The van der Waals surface area contributed by atoms with Crippen LogP contribution in [0.4, 0.5) is 5.69 Å². The van der Waals surface area contributed by atoms with Crippen molar-refractivity contribution in [2.24, 2.45) is 0 Å². The van der Waals surface area contributed by atoms with Gasteiger partial charge in [-0.3, -0.25) is 0 Å². The molecule has 0 unspecified atom stereocenters. The first-order valence-electron chi connectivity index (χ1n) is 7.33. The van der Waals surface area contributed by atoms with E-state index in [0.717, 1.165) is 28.2 Å². The largest absolute Gasteiger partial charge is 0.445 e. The first-order valence-corrected chi connectivity index (χ1v) is 7.33. The Kier molecular flexibility index (Phi) is 3.27. The summed E-state index contributed by atoms with van der Waals surface area (Å²) in [5.41, 5.74) is 4.90. The summed E-state index contributed by atoms with van der Waals surface area (Å²) in [6.07, 6.45) is 6.98. The van der Waals surface area contributed by atoms with Gasteiger partial charge in [-0.15, -0.1) is 0 Å². The summed E-state index contributed by atoms with van der Waals surface area (Å²) in [6, 6.07) is 9.91. The van der Waals surface area contributed by atoms with Crippen LogP contribution in [0.15, 0.2) is 59.6 Å². The minimum Gasteiger partial charge on any atom is -0.445 e. The Morgan fingerprint density at radius 1 is 1.17 bits per heavy atom. The van der Waals surface area contributed by atoms with Gasteiger partial charge in [-0.25, -0.2) is 14.5 Å². The maximum absolute atomic E-state index is 5.29. The van der Waals surface area contributed by atoms with Crippen LogP contribution >= 0.6 is 0 Å². The Balaban J connectivity index is 1.51. The average molecular weight is 305 g/mol. The maximum atomic E-state index is 5.29. The van der Waals surface area contributed by atoms with E-state index in [9.17, 15) is 0 Å². The fourth-order valence-corrected chi connectivity index (χ4v) is 2.43. The number of rotatable bonds is 4. The van der Waals surface area contributed by atoms with Gasteiger partial charge in [-0.2, -0.15) is 5.10 Å². The SMILES string of the molecule is Cc1ccn2ncc(CNc3ccc(-c4ncco4)cc3)c2n1. The van der Waals surface area contributed by atoms with E-state index in [1.54, 1.807) is 17.0 Å². The van der Waals surface area contributed by atoms with Gasteiger partial charge in [0.2, 0.25) is 5.89 Å². The molecule has 23 heavy (non-hydrogen) atoms. The van der Waals surface area contributed by atoms with E-state index in [1.165, 1.54) is 0 Å². The molecule has 0 fully saturated rings. The predicted octanol–water partition coefficient (Wildman–Crippen LogP) is 3.30. The summed E-state index contributed by atoms with van der Waals surface area (Å²) < 4.78 is 7.07. The van der Waals surface area contributed by atoms with E-state index in [4.69, 9.17) is 4.42 Å². The van der Waals surface area contributed by atoms with E-state index in [-0.39, 0.29) is 0 Å². The van der Waals surface area contributed by atoms with Gasteiger partial charge in [0.25, 0.3) is 0 Å². The molecule has 0 radical (unpaired) electrons. The number of aryl methyl sites for hydroxylation is 1. The molecule has 0 saturated heterocycles. The van der Waals surface area contributed by atoms with Crippen molar-refractivity contribution >= 4 is 11.3 Å². The van der Waals surface area contributed by atoms with Crippen molar-refractivity contribution in [2.45, 2.75) is 13.5 Å². The van der Waals surface area contributed by atoms with Crippen LogP contribution in [0.3, 0.4) is 0 Å². The molecule has 0 bridgehead atoms. The molecule has 4 aromatic rings. The molecule has 0 atom stereocenters. The third-order valence-electron chi connectivity index (χ3n) is 3.63. The highest BCUT2D eigenvalue weighted by molar-refractivity contribution is 5.59. The van der Waals surface area contributed by atoms with Crippen LogP contribution < -0.4 is 5.32 Å². The smallest absolute Gasteiger partial charge is 0.225 e. The Labute approximate surface area is 132 Å². The Hall–Kier alpha value is -3.15. The third-order valence-corrected chi connectivity index (χ3v) is 3.63. The first kappa shape index (κ1) is 13.5. The molecule has 1 N–H and O–H groups in total. The fraction of sp³-hybridized carbons (Fsp3) is 0.118. The van der Waals surface area contributed by atoms with Crippen LogP contribution in [0.2, 0.25) is 0 Å². The van der Waals surface area contributed by atoms with Gasteiger partial charge in [0.05, 0.1) is 12.4 Å². The summed E-state index contributed by atoms with van der Waals surface area (Å²) >= 11 is 0. The van der Waals surface area contributed by atoms with Gasteiger partial charge in [0.1, 0.15) is 6.26 Å². The van der Waals surface area contributed by atoms with Crippen LogP contribution in [-0.2, 0) is 6.54 Å². The molecule has 3 heterocycles. The van der Waals surface area contributed by atoms with E-state index >= 15 is 0 Å². The number of nitrogens with one attached hydrogen (secondary N) is 1. The van der Waals surface area contributed by atoms with Crippen molar-refractivity contribution in [1.29, 1.82) is 0 Å². The molecule has 114 valence electrons. The predicted molar refractivity (Wildman–Crippen MR) is 87.0 cm³/mol. The summed E-state index contributed by atoms with van der Waals surface area (Å²) in [7, 11) is 0. The van der Waals surface area contributed by atoms with E-state index in [2.05, 4.69) is 20.4 Å². The normalized spacial score (nSPS) is 11.0. The lowest BCUT2D eigenvalue weighted by Gasteiger charge is -2.06. The quantitative estimate of drug-likeness (QED) is 0.626. The standard InChI is InChI=1S/C17H15N5O/c1-12-6-8-22-16(21-12)14(11-20-22)10-19-15-4-2-13(3-5-15)17-18-7-9-23-17/h2-9,11,19H,10H2,1H3. The summed E-state index contributed by atoms with van der Waals surface area (Å²) in [5, 5.41) is 7.70. The van der Waals surface area contributed by atoms with Gasteiger partial charge < -0.3 is 9.73 Å². The lowest BCUT2D eigenvalue weighted by Crippen LogP contribution is -2.00. The number of hydrogen-bond donors (Lipinski definition) is 1. The summed E-state index contributed by atoms with van der Waals surface area (Å²) in [4.78, 5) is 8.67. The number of hydrogen-bond acceptors (Lipinski definition) is 5. The molecule has 6 nitrogen and oxygen atoms in total. The lowest BCUT2D eigenvalue weighted by molar-refractivity contribution is 0.574. The van der Waals surface area contributed by atoms with Crippen molar-refractivity contribution in [3.8, 4) is 11.5 Å². The fourth-order valence-electron chi connectivity index (χ4n) is 2.43. The lowest BCUT2D eigenvalue weighted by atomic mass is 10.2. The van der Waals surface area contributed by atoms with Crippen LogP contribution in [0.1, 0.15) is 11.3 Å². The van der Waals surface area contributed by atoms with Crippen LogP contribution in [-0.4, -0.2) is 19.6 Å². The Morgan fingerprint density at radius 3 is 2.83 bits per heavy atom. The minimum absolute atomic E-state index is 0.624. The highest BCUT2D eigenvalue weighted by Crippen LogP contribution is 2.20. The van der Waals surface area contributed by atoms with Crippen LogP contribution in [0.25, 0.3) is 17.1 Å². The highest BCUT2D eigenvalue weighted by atomic mass is 16.3. The number of benzene rings is 1. The van der Waals surface area contributed by atoms with E-state index in [0.29, 0.717) is 12.4 Å². The number of anilines is 1. The number of fused-ring (bicyclic) bond motifs is 1. The zero-order chi connectivity index (χ0) is 15.6. The molecule has 0 aliphatic carbocycles. The van der Waals surface area contributed by atoms with Crippen molar-refractivity contribution in [3.05, 3.63) is 66.4 Å². The maximum Gasteiger partial charge on any atom is 0.225 e. The molecular formula is C17H15N5O. The number of nitrogens with zero attached hydrogens (tertiary/aromatic N) is 4. The molecule has 0 aliphatic heterocycles.